The Morgan fingerprint density at radius 3 is 2.08 bits per heavy atom. The van der Waals surface area contributed by atoms with Gasteiger partial charge in [0.2, 0.25) is 0 Å². The van der Waals surface area contributed by atoms with Crippen LogP contribution in [-0.4, -0.2) is 78.0 Å². The second-order valence-corrected chi connectivity index (χ2v) is 11.9. The number of carbonyl (C=O) groups excluding carboxylic acids is 1. The van der Waals surface area contributed by atoms with Crippen LogP contribution < -0.4 is 10.6 Å². The molecule has 4 saturated carbocycles. The maximum atomic E-state index is 13.0. The standard InChI is InChI=1S/C24H35N7O.C4H4O4/c32-23(29-24-12-17-9-18(13-24)11-19(10-17)14-24)28-21-20-15-27-31(22(20)26-16-25-21)8-7-30-5-3-1-2-4-6-30;5-3(6)1-2-4(7)8/h15-19H,1-14H2,(H2,25,26,28,29,32);1-2H,(H,5,6)(H,7,8)/b;2-1-. The highest BCUT2D eigenvalue weighted by Gasteiger charge is 2.51. The molecule has 12 heteroatoms. The number of hydrogen-bond donors (Lipinski definition) is 4. The molecule has 12 nitrogen and oxygen atoms in total. The van der Waals surface area contributed by atoms with Gasteiger partial charge in [-0.3, -0.25) is 5.32 Å². The lowest BCUT2D eigenvalue weighted by Gasteiger charge is -2.56. The number of nitrogens with zero attached hydrogens (tertiary/aromatic N) is 5. The number of nitrogens with one attached hydrogen (secondary N) is 2. The van der Waals surface area contributed by atoms with Gasteiger partial charge in [-0.1, -0.05) is 12.8 Å². The van der Waals surface area contributed by atoms with Crippen molar-refractivity contribution in [1.82, 2.24) is 30.0 Å². The predicted octanol–water partition coefficient (Wildman–Crippen LogP) is 3.50. The van der Waals surface area contributed by atoms with E-state index in [0.717, 1.165) is 61.1 Å². The SMILES string of the molecule is O=C(Nc1ncnc2c1cnn2CCN1CCCCCC1)NC12CC3CC(CC(C3)C1)C2.O=C(O)/C=C\C(=O)O. The number of rotatable bonds is 7. The topological polar surface area (TPSA) is 163 Å². The summed E-state index contributed by atoms with van der Waals surface area (Å²) in [7, 11) is 0. The predicted molar refractivity (Wildman–Crippen MR) is 148 cm³/mol. The molecule has 0 spiro atoms. The van der Waals surface area contributed by atoms with Crippen LogP contribution in [0.5, 0.6) is 0 Å². The minimum atomic E-state index is -1.26. The summed E-state index contributed by atoms with van der Waals surface area (Å²) in [4.78, 5) is 43.5. The normalized spacial score (nSPS) is 27.6. The van der Waals surface area contributed by atoms with Crippen LogP contribution in [0.25, 0.3) is 11.0 Å². The smallest absolute Gasteiger partial charge is 0.328 e. The lowest BCUT2D eigenvalue weighted by molar-refractivity contribution is -0.134. The summed E-state index contributed by atoms with van der Waals surface area (Å²) in [6.45, 7) is 4.13. The van der Waals surface area contributed by atoms with E-state index in [9.17, 15) is 14.4 Å². The molecule has 4 N–H and O–H groups in total. The van der Waals surface area contributed by atoms with Crippen molar-refractivity contribution in [2.75, 3.05) is 25.0 Å². The zero-order valence-electron chi connectivity index (χ0n) is 22.8. The number of aromatic nitrogens is 4. The summed E-state index contributed by atoms with van der Waals surface area (Å²) < 4.78 is 1.95. The molecule has 0 atom stereocenters. The van der Waals surface area contributed by atoms with Crippen molar-refractivity contribution in [2.45, 2.75) is 76.3 Å². The fraction of sp³-hybridized carbons (Fsp3) is 0.643. The number of carboxylic acid groups (broad SMARTS) is 2. The highest BCUT2D eigenvalue weighted by atomic mass is 16.4. The molecule has 216 valence electrons. The summed E-state index contributed by atoms with van der Waals surface area (Å²) in [5, 5.41) is 27.4. The van der Waals surface area contributed by atoms with Gasteiger partial charge >= 0.3 is 18.0 Å². The van der Waals surface area contributed by atoms with E-state index in [4.69, 9.17) is 10.2 Å². The van der Waals surface area contributed by atoms with Gasteiger partial charge in [-0.15, -0.1) is 0 Å². The molecule has 1 saturated heterocycles. The third-order valence-electron chi connectivity index (χ3n) is 8.78. The largest absolute Gasteiger partial charge is 0.478 e. The van der Waals surface area contributed by atoms with E-state index in [2.05, 4.69) is 30.6 Å². The van der Waals surface area contributed by atoms with E-state index in [1.165, 1.54) is 64.4 Å². The Kier molecular flexibility index (Phi) is 8.63. The Morgan fingerprint density at radius 1 is 0.900 bits per heavy atom. The first-order chi connectivity index (χ1) is 19.3. The number of amides is 2. The molecule has 0 radical (unpaired) electrons. The van der Waals surface area contributed by atoms with E-state index in [1.807, 2.05) is 4.68 Å². The Labute approximate surface area is 233 Å². The van der Waals surface area contributed by atoms with Crippen LogP contribution in [0.15, 0.2) is 24.7 Å². The van der Waals surface area contributed by atoms with Crippen molar-refractivity contribution in [2.24, 2.45) is 17.8 Å². The molecule has 3 heterocycles. The lowest BCUT2D eigenvalue weighted by Crippen LogP contribution is -2.60. The van der Waals surface area contributed by atoms with Crippen molar-refractivity contribution < 1.29 is 24.6 Å². The second kappa shape index (κ2) is 12.3. The first-order valence-corrected chi connectivity index (χ1v) is 14.4. The van der Waals surface area contributed by atoms with Gasteiger partial charge in [-0.2, -0.15) is 5.10 Å². The van der Waals surface area contributed by atoms with Crippen LogP contribution in [-0.2, 0) is 16.1 Å². The quantitative estimate of drug-likeness (QED) is 0.376. The van der Waals surface area contributed by atoms with E-state index in [-0.39, 0.29) is 11.6 Å². The van der Waals surface area contributed by atoms with Crippen LogP contribution in [0, 0.1) is 17.8 Å². The molecule has 4 aliphatic carbocycles. The average Bonchev–Trinajstić information content (AvgIpc) is 3.12. The van der Waals surface area contributed by atoms with Gasteiger partial charge in [0.05, 0.1) is 18.1 Å². The number of aliphatic carboxylic acids is 2. The molecule has 7 rings (SSSR count). The molecule has 2 aromatic rings. The number of urea groups is 1. The summed E-state index contributed by atoms with van der Waals surface area (Å²) in [5.74, 6) is 0.442. The number of fused-ring (bicyclic) bond motifs is 1. The van der Waals surface area contributed by atoms with Crippen molar-refractivity contribution in [3.8, 4) is 0 Å². The van der Waals surface area contributed by atoms with Crippen molar-refractivity contribution >= 4 is 34.8 Å². The van der Waals surface area contributed by atoms with Gasteiger partial charge in [0.25, 0.3) is 0 Å². The van der Waals surface area contributed by atoms with E-state index < -0.39 is 11.9 Å². The van der Waals surface area contributed by atoms with Gasteiger partial charge < -0.3 is 20.4 Å². The van der Waals surface area contributed by atoms with Gasteiger partial charge in [0.1, 0.15) is 12.1 Å². The van der Waals surface area contributed by atoms with Crippen molar-refractivity contribution in [3.05, 3.63) is 24.7 Å². The van der Waals surface area contributed by atoms with Gasteiger partial charge in [0, 0.05) is 24.2 Å². The first-order valence-electron chi connectivity index (χ1n) is 14.4. The average molecular weight is 554 g/mol. The van der Waals surface area contributed by atoms with Crippen LogP contribution in [0.1, 0.15) is 64.2 Å². The van der Waals surface area contributed by atoms with Gasteiger partial charge in [-0.05, 0) is 82.2 Å². The summed E-state index contributed by atoms with van der Waals surface area (Å²) >= 11 is 0. The monoisotopic (exact) mass is 553 g/mol. The van der Waals surface area contributed by atoms with Crippen molar-refractivity contribution in [1.29, 1.82) is 0 Å². The molecule has 1 aliphatic heterocycles. The van der Waals surface area contributed by atoms with Crippen molar-refractivity contribution in [3.63, 3.8) is 0 Å². The molecule has 2 amide bonds. The zero-order chi connectivity index (χ0) is 28.1. The number of carboxylic acids is 2. The number of hydrogen-bond acceptors (Lipinski definition) is 7. The summed E-state index contributed by atoms with van der Waals surface area (Å²) in [6, 6.07) is -0.135. The lowest BCUT2D eigenvalue weighted by atomic mass is 9.53. The van der Waals surface area contributed by atoms with E-state index >= 15 is 0 Å². The van der Waals surface area contributed by atoms with E-state index in [0.29, 0.717) is 18.0 Å². The minimum absolute atomic E-state index is 0.0116. The number of carbonyl (C=O) groups is 3. The molecular formula is C28H39N7O5. The zero-order valence-corrected chi connectivity index (χ0v) is 22.8. The maximum absolute atomic E-state index is 13.0. The molecule has 5 aliphatic rings. The Balaban J connectivity index is 0.000000355. The second-order valence-electron chi connectivity index (χ2n) is 11.9. The van der Waals surface area contributed by atoms with Gasteiger partial charge in [0.15, 0.2) is 5.65 Å². The third kappa shape index (κ3) is 6.96. The van der Waals surface area contributed by atoms with E-state index in [1.54, 1.807) is 6.20 Å². The van der Waals surface area contributed by atoms with Crippen LogP contribution in [0.4, 0.5) is 10.6 Å². The van der Waals surface area contributed by atoms with Crippen LogP contribution in [0.2, 0.25) is 0 Å². The fourth-order valence-electron chi connectivity index (χ4n) is 7.54. The maximum Gasteiger partial charge on any atom is 0.328 e. The molecule has 5 fully saturated rings. The highest BCUT2D eigenvalue weighted by Crippen LogP contribution is 2.55. The molecule has 0 aromatic carbocycles. The summed E-state index contributed by atoms with van der Waals surface area (Å²) in [6.07, 6.45) is 17.2. The Hall–Kier alpha value is -3.54. The molecular weight excluding hydrogens is 514 g/mol. The minimum Gasteiger partial charge on any atom is -0.478 e. The van der Waals surface area contributed by atoms with Gasteiger partial charge in [-0.25, -0.2) is 29.0 Å². The Bertz CT molecular complexity index is 1200. The van der Waals surface area contributed by atoms with Crippen LogP contribution >= 0.6 is 0 Å². The third-order valence-corrected chi connectivity index (χ3v) is 8.78. The molecule has 4 bridgehead atoms. The highest BCUT2D eigenvalue weighted by molar-refractivity contribution is 5.97. The molecule has 2 aromatic heterocycles. The Morgan fingerprint density at radius 2 is 1.50 bits per heavy atom. The van der Waals surface area contributed by atoms with Crippen LogP contribution in [0.3, 0.4) is 0 Å². The molecule has 40 heavy (non-hydrogen) atoms. The fourth-order valence-corrected chi connectivity index (χ4v) is 7.54. The molecule has 0 unspecified atom stereocenters. The summed E-state index contributed by atoms with van der Waals surface area (Å²) in [5.41, 5.74) is 0.780. The number of likely N-dealkylation sites (tertiary alicyclic amines) is 1. The number of anilines is 1. The first kappa shape index (κ1) is 28.0.